The van der Waals surface area contributed by atoms with Crippen LogP contribution < -0.4 is 0 Å². The van der Waals surface area contributed by atoms with Gasteiger partial charge in [-0.25, -0.2) is 17.2 Å². The Morgan fingerprint density at radius 2 is 1.39 bits per heavy atom. The van der Waals surface area contributed by atoms with E-state index in [0.717, 1.165) is 12.1 Å². The second-order valence-electron chi connectivity index (χ2n) is 3.59. The van der Waals surface area contributed by atoms with Gasteiger partial charge in [0.2, 0.25) is 0 Å². The highest BCUT2D eigenvalue weighted by Crippen LogP contribution is 2.24. The van der Waals surface area contributed by atoms with Crippen LogP contribution in [-0.2, 0) is 9.05 Å². The molecule has 0 radical (unpaired) electrons. The summed E-state index contributed by atoms with van der Waals surface area (Å²) < 4.78 is 47.9. The standard InChI is InChI=1S/C12H7ClF2O2S/c13-18(16,17)10-4-1-8(2-5-10)9-3-6-11(14)12(15)7-9/h1-7H. The maximum Gasteiger partial charge on any atom is 0.261 e. The van der Waals surface area contributed by atoms with Crippen LogP contribution in [0.3, 0.4) is 0 Å². The second-order valence-corrected chi connectivity index (χ2v) is 6.16. The summed E-state index contributed by atoms with van der Waals surface area (Å²) in [6.45, 7) is 0. The normalized spacial score (nSPS) is 11.5. The van der Waals surface area contributed by atoms with Crippen molar-refractivity contribution in [3.63, 3.8) is 0 Å². The zero-order chi connectivity index (χ0) is 13.3. The lowest BCUT2D eigenvalue weighted by molar-refractivity contribution is 0.509. The highest BCUT2D eigenvalue weighted by molar-refractivity contribution is 8.13. The van der Waals surface area contributed by atoms with Crippen molar-refractivity contribution in [2.24, 2.45) is 0 Å². The van der Waals surface area contributed by atoms with Crippen molar-refractivity contribution in [2.45, 2.75) is 4.90 Å². The van der Waals surface area contributed by atoms with E-state index in [1.807, 2.05) is 0 Å². The van der Waals surface area contributed by atoms with E-state index < -0.39 is 20.7 Å². The summed E-state index contributed by atoms with van der Waals surface area (Å²) in [5.41, 5.74) is 1.02. The first kappa shape index (κ1) is 13.0. The van der Waals surface area contributed by atoms with Gasteiger partial charge in [0.1, 0.15) is 0 Å². The molecule has 0 N–H and O–H groups in total. The van der Waals surface area contributed by atoms with E-state index in [1.54, 1.807) is 0 Å². The predicted octanol–water partition coefficient (Wildman–Crippen LogP) is 3.56. The van der Waals surface area contributed by atoms with Crippen molar-refractivity contribution in [1.82, 2.24) is 0 Å². The molecule has 0 aromatic heterocycles. The molecule has 18 heavy (non-hydrogen) atoms. The van der Waals surface area contributed by atoms with Crippen molar-refractivity contribution >= 4 is 19.7 Å². The number of hydrogen-bond acceptors (Lipinski definition) is 2. The molecule has 94 valence electrons. The molecule has 2 aromatic rings. The highest BCUT2D eigenvalue weighted by Gasteiger charge is 2.10. The molecule has 0 aliphatic heterocycles. The Kier molecular flexibility index (Phi) is 3.36. The molecule has 0 unspecified atom stereocenters. The zero-order valence-electron chi connectivity index (χ0n) is 8.90. The third kappa shape index (κ3) is 2.68. The van der Waals surface area contributed by atoms with Crippen molar-refractivity contribution in [3.05, 3.63) is 54.1 Å². The van der Waals surface area contributed by atoms with Gasteiger partial charge in [-0.15, -0.1) is 0 Å². The zero-order valence-corrected chi connectivity index (χ0v) is 10.5. The van der Waals surface area contributed by atoms with Gasteiger partial charge in [-0.1, -0.05) is 18.2 Å². The third-order valence-electron chi connectivity index (χ3n) is 2.39. The molecular weight excluding hydrogens is 282 g/mol. The number of hydrogen-bond donors (Lipinski definition) is 0. The van der Waals surface area contributed by atoms with Gasteiger partial charge in [0.05, 0.1) is 4.90 Å². The van der Waals surface area contributed by atoms with Gasteiger partial charge in [0.15, 0.2) is 11.6 Å². The molecule has 0 saturated carbocycles. The lowest BCUT2D eigenvalue weighted by atomic mass is 10.1. The van der Waals surface area contributed by atoms with Gasteiger partial charge in [-0.2, -0.15) is 0 Å². The minimum Gasteiger partial charge on any atom is -0.207 e. The number of rotatable bonds is 2. The largest absolute Gasteiger partial charge is 0.261 e. The van der Waals surface area contributed by atoms with E-state index in [-0.39, 0.29) is 4.90 Å². The van der Waals surface area contributed by atoms with E-state index >= 15 is 0 Å². The lowest BCUT2D eigenvalue weighted by Crippen LogP contribution is -1.90. The van der Waals surface area contributed by atoms with Crippen LogP contribution in [0.5, 0.6) is 0 Å². The molecular formula is C12H7ClF2O2S. The fraction of sp³-hybridized carbons (Fsp3) is 0. The van der Waals surface area contributed by atoms with Gasteiger partial charge in [0, 0.05) is 10.7 Å². The Bertz CT molecular complexity index is 682. The van der Waals surface area contributed by atoms with Crippen LogP contribution in [-0.4, -0.2) is 8.42 Å². The van der Waals surface area contributed by atoms with Crippen molar-refractivity contribution in [1.29, 1.82) is 0 Å². The van der Waals surface area contributed by atoms with Gasteiger partial charge in [-0.05, 0) is 35.4 Å². The van der Waals surface area contributed by atoms with Gasteiger partial charge in [-0.3, -0.25) is 0 Å². The summed E-state index contributed by atoms with van der Waals surface area (Å²) >= 11 is 0. The Morgan fingerprint density at radius 1 is 0.833 bits per heavy atom. The minimum absolute atomic E-state index is 0.0458. The molecule has 2 aromatic carbocycles. The summed E-state index contributed by atoms with van der Waals surface area (Å²) in [7, 11) is 1.39. The molecule has 0 saturated heterocycles. The number of benzene rings is 2. The molecule has 0 aliphatic carbocycles. The highest BCUT2D eigenvalue weighted by atomic mass is 35.7. The molecule has 0 heterocycles. The topological polar surface area (TPSA) is 34.1 Å². The second kappa shape index (κ2) is 4.66. The van der Waals surface area contributed by atoms with Crippen molar-refractivity contribution in [3.8, 4) is 11.1 Å². The van der Waals surface area contributed by atoms with Crippen LogP contribution in [0.2, 0.25) is 0 Å². The van der Waals surface area contributed by atoms with E-state index in [9.17, 15) is 17.2 Å². The fourth-order valence-electron chi connectivity index (χ4n) is 1.49. The third-order valence-corrected chi connectivity index (χ3v) is 3.76. The van der Waals surface area contributed by atoms with E-state index in [4.69, 9.17) is 10.7 Å². The van der Waals surface area contributed by atoms with Crippen molar-refractivity contribution in [2.75, 3.05) is 0 Å². The Hall–Kier alpha value is -1.46. The van der Waals surface area contributed by atoms with Crippen LogP contribution in [0.25, 0.3) is 11.1 Å². The molecule has 0 spiro atoms. The van der Waals surface area contributed by atoms with E-state index in [0.29, 0.717) is 11.1 Å². The maximum absolute atomic E-state index is 13.0. The fourth-order valence-corrected chi connectivity index (χ4v) is 2.26. The minimum atomic E-state index is -3.78. The Balaban J connectivity index is 2.43. The maximum atomic E-state index is 13.0. The van der Waals surface area contributed by atoms with Crippen molar-refractivity contribution < 1.29 is 17.2 Å². The predicted molar refractivity (Wildman–Crippen MR) is 64.8 cm³/mol. The summed E-state index contributed by atoms with van der Waals surface area (Å²) in [4.78, 5) is -0.0458. The van der Waals surface area contributed by atoms with Crippen LogP contribution in [0.15, 0.2) is 47.4 Å². The summed E-state index contributed by atoms with van der Waals surface area (Å²) in [6, 6.07) is 9.01. The Labute approximate surface area is 107 Å². The molecule has 2 nitrogen and oxygen atoms in total. The molecule has 0 amide bonds. The van der Waals surface area contributed by atoms with Crippen LogP contribution in [0.1, 0.15) is 0 Å². The average Bonchev–Trinajstić information content (AvgIpc) is 2.32. The molecule has 0 fully saturated rings. The van der Waals surface area contributed by atoms with E-state index in [1.165, 1.54) is 30.3 Å². The summed E-state index contributed by atoms with van der Waals surface area (Å²) in [6.07, 6.45) is 0. The van der Waals surface area contributed by atoms with Crippen LogP contribution in [0, 0.1) is 11.6 Å². The first-order valence-electron chi connectivity index (χ1n) is 4.88. The molecule has 0 atom stereocenters. The van der Waals surface area contributed by atoms with Gasteiger partial charge < -0.3 is 0 Å². The van der Waals surface area contributed by atoms with Crippen LogP contribution >= 0.6 is 10.7 Å². The molecule has 2 rings (SSSR count). The average molecular weight is 289 g/mol. The number of halogens is 3. The molecule has 0 bridgehead atoms. The Morgan fingerprint density at radius 3 is 1.89 bits per heavy atom. The first-order chi connectivity index (χ1) is 8.38. The van der Waals surface area contributed by atoms with E-state index in [2.05, 4.69) is 0 Å². The SMILES string of the molecule is O=S(=O)(Cl)c1ccc(-c2ccc(F)c(F)c2)cc1. The van der Waals surface area contributed by atoms with Crippen LogP contribution in [0.4, 0.5) is 8.78 Å². The summed E-state index contributed by atoms with van der Waals surface area (Å²) in [5.74, 6) is -1.89. The monoisotopic (exact) mass is 288 g/mol. The van der Waals surface area contributed by atoms with Gasteiger partial charge >= 0.3 is 0 Å². The lowest BCUT2D eigenvalue weighted by Gasteiger charge is -2.03. The smallest absolute Gasteiger partial charge is 0.207 e. The quantitative estimate of drug-likeness (QED) is 0.792. The first-order valence-corrected chi connectivity index (χ1v) is 7.19. The van der Waals surface area contributed by atoms with Gasteiger partial charge in [0.25, 0.3) is 9.05 Å². The summed E-state index contributed by atoms with van der Waals surface area (Å²) in [5, 5.41) is 0. The molecule has 6 heteroatoms. The molecule has 0 aliphatic rings.